The van der Waals surface area contributed by atoms with E-state index in [4.69, 9.17) is 9.47 Å². The van der Waals surface area contributed by atoms with Gasteiger partial charge in [0.25, 0.3) is 0 Å². The first-order valence-electron chi connectivity index (χ1n) is 6.64. The molecule has 0 heterocycles. The van der Waals surface area contributed by atoms with E-state index in [2.05, 4.69) is 19.2 Å². The van der Waals surface area contributed by atoms with Gasteiger partial charge >= 0.3 is 0 Å². The number of hydrogen-bond acceptors (Lipinski definition) is 4. The first-order chi connectivity index (χ1) is 8.87. The van der Waals surface area contributed by atoms with Crippen molar-refractivity contribution in [2.75, 3.05) is 20.3 Å². The highest BCUT2D eigenvalue weighted by molar-refractivity contribution is 5.43. The second-order valence-corrected chi connectivity index (χ2v) is 5.29. The van der Waals surface area contributed by atoms with Crippen molar-refractivity contribution in [1.29, 1.82) is 0 Å². The molecule has 4 heteroatoms. The largest absolute Gasteiger partial charge is 0.493 e. The monoisotopic (exact) mass is 267 g/mol. The van der Waals surface area contributed by atoms with Crippen LogP contribution in [0.5, 0.6) is 11.5 Å². The van der Waals surface area contributed by atoms with Gasteiger partial charge in [-0.15, -0.1) is 0 Å². The number of benzene rings is 1. The molecule has 0 saturated carbocycles. The Morgan fingerprint density at radius 2 is 2.00 bits per heavy atom. The van der Waals surface area contributed by atoms with E-state index in [1.54, 1.807) is 21.0 Å². The van der Waals surface area contributed by atoms with Gasteiger partial charge in [0.2, 0.25) is 0 Å². The van der Waals surface area contributed by atoms with E-state index < -0.39 is 5.60 Å². The van der Waals surface area contributed by atoms with Gasteiger partial charge in [0.1, 0.15) is 6.61 Å². The molecule has 0 spiro atoms. The van der Waals surface area contributed by atoms with E-state index in [1.165, 1.54) is 0 Å². The Hall–Kier alpha value is -1.26. The Balaban J connectivity index is 2.84. The topological polar surface area (TPSA) is 50.7 Å². The molecule has 4 nitrogen and oxygen atoms in total. The molecule has 0 aliphatic carbocycles. The van der Waals surface area contributed by atoms with Crippen LogP contribution < -0.4 is 14.8 Å². The van der Waals surface area contributed by atoms with Gasteiger partial charge in [0.15, 0.2) is 11.5 Å². The van der Waals surface area contributed by atoms with Crippen LogP contribution in [0.15, 0.2) is 18.2 Å². The summed E-state index contributed by atoms with van der Waals surface area (Å²) < 4.78 is 10.9. The van der Waals surface area contributed by atoms with Gasteiger partial charge in [-0.3, -0.25) is 0 Å². The number of ether oxygens (including phenoxy) is 2. The number of hydrogen-bond donors (Lipinski definition) is 2. The summed E-state index contributed by atoms with van der Waals surface area (Å²) in [5.74, 6) is 1.34. The van der Waals surface area contributed by atoms with Crippen LogP contribution in [0.3, 0.4) is 0 Å². The van der Waals surface area contributed by atoms with Crippen LogP contribution in [-0.2, 0) is 0 Å². The molecular formula is C15H25NO3. The molecule has 0 radical (unpaired) electrons. The fourth-order valence-electron chi connectivity index (χ4n) is 1.75. The normalized spacial score (nSPS) is 13.2. The van der Waals surface area contributed by atoms with Crippen molar-refractivity contribution in [2.24, 2.45) is 0 Å². The van der Waals surface area contributed by atoms with Crippen molar-refractivity contribution in [3.05, 3.63) is 23.8 Å². The summed E-state index contributed by atoms with van der Waals surface area (Å²) >= 11 is 0. The fraction of sp³-hybridized carbons (Fsp3) is 0.600. The molecular weight excluding hydrogens is 242 g/mol. The second-order valence-electron chi connectivity index (χ2n) is 5.29. The van der Waals surface area contributed by atoms with E-state index in [-0.39, 0.29) is 12.6 Å². The average molecular weight is 267 g/mol. The molecule has 1 aromatic rings. The first kappa shape index (κ1) is 15.8. The van der Waals surface area contributed by atoms with Crippen LogP contribution in [0, 0.1) is 0 Å². The van der Waals surface area contributed by atoms with Crippen LogP contribution in [0.2, 0.25) is 0 Å². The van der Waals surface area contributed by atoms with Crippen molar-refractivity contribution in [1.82, 2.24) is 5.32 Å². The molecule has 0 aliphatic heterocycles. The van der Waals surface area contributed by atoms with Gasteiger partial charge in [-0.1, -0.05) is 13.0 Å². The predicted octanol–water partition coefficient (Wildman–Crippen LogP) is 2.52. The van der Waals surface area contributed by atoms with Gasteiger partial charge in [-0.05, 0) is 45.0 Å². The molecule has 0 fully saturated rings. The van der Waals surface area contributed by atoms with Gasteiger partial charge in [-0.2, -0.15) is 0 Å². The van der Waals surface area contributed by atoms with Crippen molar-refractivity contribution >= 4 is 0 Å². The Bertz CT molecular complexity index is 399. The van der Waals surface area contributed by atoms with Crippen LogP contribution >= 0.6 is 0 Å². The molecule has 2 N–H and O–H groups in total. The zero-order valence-electron chi connectivity index (χ0n) is 12.5. The van der Waals surface area contributed by atoms with E-state index in [1.807, 2.05) is 18.2 Å². The lowest BCUT2D eigenvalue weighted by Crippen LogP contribution is -2.28. The zero-order chi connectivity index (χ0) is 14.5. The van der Waals surface area contributed by atoms with E-state index in [0.29, 0.717) is 11.5 Å². The smallest absolute Gasteiger partial charge is 0.161 e. The molecule has 1 unspecified atom stereocenters. The van der Waals surface area contributed by atoms with Crippen molar-refractivity contribution < 1.29 is 14.6 Å². The summed E-state index contributed by atoms with van der Waals surface area (Å²) in [6, 6.07) is 6.12. The Morgan fingerprint density at radius 3 is 2.53 bits per heavy atom. The minimum Gasteiger partial charge on any atom is -0.493 e. The van der Waals surface area contributed by atoms with Gasteiger partial charge < -0.3 is 19.9 Å². The SMILES string of the molecule is CCNC(C)c1ccc(OCC(C)(C)O)c(OC)c1. The number of rotatable bonds is 7. The molecule has 1 aromatic carbocycles. The third-order valence-corrected chi connectivity index (χ3v) is 2.78. The second kappa shape index (κ2) is 6.78. The highest BCUT2D eigenvalue weighted by Crippen LogP contribution is 2.30. The highest BCUT2D eigenvalue weighted by atomic mass is 16.5. The molecule has 0 bridgehead atoms. The number of nitrogens with one attached hydrogen (secondary N) is 1. The maximum Gasteiger partial charge on any atom is 0.161 e. The molecule has 0 saturated heterocycles. The minimum atomic E-state index is -0.860. The summed E-state index contributed by atoms with van der Waals surface area (Å²) in [6.07, 6.45) is 0. The highest BCUT2D eigenvalue weighted by Gasteiger charge is 2.16. The van der Waals surface area contributed by atoms with E-state index in [9.17, 15) is 5.11 Å². The van der Waals surface area contributed by atoms with Crippen LogP contribution in [0.25, 0.3) is 0 Å². The van der Waals surface area contributed by atoms with Crippen LogP contribution in [-0.4, -0.2) is 31.0 Å². The van der Waals surface area contributed by atoms with E-state index >= 15 is 0 Å². The van der Waals surface area contributed by atoms with Gasteiger partial charge in [0, 0.05) is 6.04 Å². The lowest BCUT2D eigenvalue weighted by molar-refractivity contribution is 0.0276. The average Bonchev–Trinajstić information content (AvgIpc) is 2.35. The van der Waals surface area contributed by atoms with Crippen LogP contribution in [0.1, 0.15) is 39.3 Å². The third kappa shape index (κ3) is 5.09. The molecule has 0 aliphatic rings. The maximum absolute atomic E-state index is 9.68. The summed E-state index contributed by atoms with van der Waals surface area (Å²) in [5.41, 5.74) is 0.287. The van der Waals surface area contributed by atoms with Gasteiger partial charge in [-0.25, -0.2) is 0 Å². The standard InChI is InChI=1S/C15H25NO3/c1-6-16-11(2)12-7-8-13(14(9-12)18-5)19-10-15(3,4)17/h7-9,11,16-17H,6,10H2,1-5H3. The lowest BCUT2D eigenvalue weighted by atomic mass is 10.1. The maximum atomic E-state index is 9.68. The van der Waals surface area contributed by atoms with Crippen molar-refractivity contribution in [3.8, 4) is 11.5 Å². The lowest BCUT2D eigenvalue weighted by Gasteiger charge is -2.20. The molecule has 19 heavy (non-hydrogen) atoms. The quantitative estimate of drug-likeness (QED) is 0.797. The summed E-state index contributed by atoms with van der Waals surface area (Å²) in [5, 5.41) is 13.0. The van der Waals surface area contributed by atoms with Crippen molar-refractivity contribution in [2.45, 2.75) is 39.3 Å². The van der Waals surface area contributed by atoms with Gasteiger partial charge in [0.05, 0.1) is 12.7 Å². The molecule has 0 amide bonds. The van der Waals surface area contributed by atoms with E-state index in [0.717, 1.165) is 12.1 Å². The Kier molecular flexibility index (Phi) is 5.63. The summed E-state index contributed by atoms with van der Waals surface area (Å²) in [7, 11) is 1.62. The third-order valence-electron chi connectivity index (χ3n) is 2.78. The Labute approximate surface area is 115 Å². The molecule has 1 rings (SSSR count). The van der Waals surface area contributed by atoms with Crippen LogP contribution in [0.4, 0.5) is 0 Å². The summed E-state index contributed by atoms with van der Waals surface area (Å²) in [4.78, 5) is 0. The number of methoxy groups -OCH3 is 1. The fourth-order valence-corrected chi connectivity index (χ4v) is 1.75. The molecule has 108 valence electrons. The van der Waals surface area contributed by atoms with Crippen molar-refractivity contribution in [3.63, 3.8) is 0 Å². The first-order valence-corrected chi connectivity index (χ1v) is 6.64. The number of aliphatic hydroxyl groups is 1. The Morgan fingerprint density at radius 1 is 1.32 bits per heavy atom. The zero-order valence-corrected chi connectivity index (χ0v) is 12.5. The minimum absolute atomic E-state index is 0.228. The predicted molar refractivity (Wildman–Crippen MR) is 76.9 cm³/mol. The summed E-state index contributed by atoms with van der Waals surface area (Å²) in [6.45, 7) is 8.75. The molecule has 1 atom stereocenters. The molecule has 0 aromatic heterocycles.